The lowest BCUT2D eigenvalue weighted by Crippen LogP contribution is -2.74. The molecule has 3 rings (SSSR count). The average molecular weight is 424 g/mol. The number of rotatable bonds is 6. The SMILES string of the molecule is [2H]C([2H])([2H])Oc1cc(OC2C(C)(C)C(NC(=O)c3ccc(C(C)C)cc3)C2(C)C)ccc1C#N. The van der Waals surface area contributed by atoms with E-state index in [1.165, 1.54) is 17.7 Å². The lowest BCUT2D eigenvalue weighted by molar-refractivity contribution is -0.164. The molecule has 5 nitrogen and oxygen atoms in total. The summed E-state index contributed by atoms with van der Waals surface area (Å²) in [5.41, 5.74) is 1.09. The average Bonchev–Trinajstić information content (AvgIpc) is 2.74. The Bertz CT molecular complexity index is 1080. The Morgan fingerprint density at radius 3 is 2.32 bits per heavy atom. The van der Waals surface area contributed by atoms with E-state index in [2.05, 4.69) is 19.2 Å². The van der Waals surface area contributed by atoms with Crippen molar-refractivity contribution in [2.24, 2.45) is 10.8 Å². The standard InChI is InChI=1S/C26H32N2O3/c1-16(2)17-8-10-18(11-9-17)22(29)28-23-25(3,4)24(26(23,5)6)31-20-13-12-19(15-27)21(14-20)30-7/h8-14,16,23-24H,1-7H3,(H,28,29)/i7D3. The van der Waals surface area contributed by atoms with Crippen LogP contribution < -0.4 is 14.8 Å². The fraction of sp³-hybridized carbons (Fsp3) is 0.462. The second-order valence-electron chi connectivity index (χ2n) is 9.70. The number of carbonyl (C=O) groups is 1. The van der Waals surface area contributed by atoms with E-state index in [9.17, 15) is 10.1 Å². The Labute approximate surface area is 189 Å². The fourth-order valence-corrected chi connectivity index (χ4v) is 4.92. The van der Waals surface area contributed by atoms with E-state index >= 15 is 0 Å². The van der Waals surface area contributed by atoms with Crippen molar-refractivity contribution in [3.05, 3.63) is 59.2 Å². The van der Waals surface area contributed by atoms with E-state index in [-0.39, 0.29) is 29.4 Å². The van der Waals surface area contributed by atoms with Crippen LogP contribution in [-0.4, -0.2) is 25.1 Å². The molecule has 0 saturated heterocycles. The summed E-state index contributed by atoms with van der Waals surface area (Å²) >= 11 is 0. The van der Waals surface area contributed by atoms with Crippen molar-refractivity contribution < 1.29 is 18.4 Å². The number of hydrogen-bond donors (Lipinski definition) is 1. The summed E-state index contributed by atoms with van der Waals surface area (Å²) in [7, 11) is -2.68. The number of nitriles is 1. The molecule has 0 radical (unpaired) electrons. The van der Waals surface area contributed by atoms with Crippen LogP contribution >= 0.6 is 0 Å². The van der Waals surface area contributed by atoms with Gasteiger partial charge in [-0.3, -0.25) is 4.79 Å². The molecule has 1 amide bonds. The van der Waals surface area contributed by atoms with Gasteiger partial charge >= 0.3 is 0 Å². The predicted molar refractivity (Wildman–Crippen MR) is 121 cm³/mol. The molecule has 1 aliphatic carbocycles. The van der Waals surface area contributed by atoms with Crippen LogP contribution in [0.15, 0.2) is 42.5 Å². The van der Waals surface area contributed by atoms with Crippen LogP contribution in [0.4, 0.5) is 0 Å². The highest BCUT2D eigenvalue weighted by atomic mass is 16.5. The minimum atomic E-state index is -2.68. The molecule has 0 unspecified atom stereocenters. The van der Waals surface area contributed by atoms with Gasteiger partial charge in [0.2, 0.25) is 0 Å². The topological polar surface area (TPSA) is 71.3 Å². The minimum Gasteiger partial charge on any atom is -0.495 e. The molecule has 0 atom stereocenters. The van der Waals surface area contributed by atoms with Gasteiger partial charge < -0.3 is 14.8 Å². The quantitative estimate of drug-likeness (QED) is 0.684. The summed E-state index contributed by atoms with van der Waals surface area (Å²) in [4.78, 5) is 13.0. The zero-order valence-corrected chi connectivity index (χ0v) is 18.9. The van der Waals surface area contributed by atoms with E-state index in [1.54, 1.807) is 6.07 Å². The van der Waals surface area contributed by atoms with Crippen LogP contribution in [0.3, 0.4) is 0 Å². The van der Waals surface area contributed by atoms with E-state index in [0.29, 0.717) is 17.2 Å². The van der Waals surface area contributed by atoms with Crippen LogP contribution in [0.25, 0.3) is 0 Å². The molecular formula is C26H32N2O3. The number of amides is 1. The third kappa shape index (κ3) is 4.12. The van der Waals surface area contributed by atoms with Crippen molar-refractivity contribution >= 4 is 5.91 Å². The molecule has 0 aliphatic heterocycles. The zero-order chi connectivity index (χ0) is 25.5. The first kappa shape index (κ1) is 18.7. The molecule has 164 valence electrons. The lowest BCUT2D eigenvalue weighted by atomic mass is 9.49. The smallest absolute Gasteiger partial charge is 0.251 e. The van der Waals surface area contributed by atoms with Crippen molar-refractivity contribution in [2.45, 2.75) is 59.6 Å². The molecule has 0 bridgehead atoms. The maximum atomic E-state index is 13.0. The molecule has 31 heavy (non-hydrogen) atoms. The van der Waals surface area contributed by atoms with Gasteiger partial charge in [0.25, 0.3) is 5.91 Å². The van der Waals surface area contributed by atoms with Crippen molar-refractivity contribution in [3.8, 4) is 17.6 Å². The molecule has 0 heterocycles. The first-order valence-electron chi connectivity index (χ1n) is 12.0. The summed E-state index contributed by atoms with van der Waals surface area (Å²) in [5, 5.41) is 12.4. The van der Waals surface area contributed by atoms with Gasteiger partial charge in [0, 0.05) is 28.5 Å². The molecular weight excluding hydrogens is 388 g/mol. The van der Waals surface area contributed by atoms with Gasteiger partial charge in [0.05, 0.1) is 16.7 Å². The first-order chi connectivity index (χ1) is 15.7. The molecule has 2 aromatic rings. The van der Waals surface area contributed by atoms with Gasteiger partial charge in [0.1, 0.15) is 23.7 Å². The second kappa shape index (κ2) is 8.26. The van der Waals surface area contributed by atoms with E-state index in [4.69, 9.17) is 13.6 Å². The van der Waals surface area contributed by atoms with Crippen molar-refractivity contribution in [1.29, 1.82) is 5.26 Å². The van der Waals surface area contributed by atoms with Gasteiger partial charge in [-0.2, -0.15) is 5.26 Å². The Balaban J connectivity index is 1.77. The monoisotopic (exact) mass is 423 g/mol. The number of nitrogens with one attached hydrogen (secondary N) is 1. The number of hydrogen-bond acceptors (Lipinski definition) is 4. The summed E-state index contributed by atoms with van der Waals surface area (Å²) in [6.07, 6.45) is -0.276. The Morgan fingerprint density at radius 1 is 1.13 bits per heavy atom. The Hall–Kier alpha value is -3.00. The highest BCUT2D eigenvalue weighted by Gasteiger charge is 2.64. The second-order valence-corrected chi connectivity index (χ2v) is 9.70. The maximum Gasteiger partial charge on any atom is 0.251 e. The molecule has 5 heteroatoms. The largest absolute Gasteiger partial charge is 0.495 e. The highest BCUT2D eigenvalue weighted by molar-refractivity contribution is 5.94. The molecule has 0 spiro atoms. The van der Waals surface area contributed by atoms with Crippen LogP contribution in [0.2, 0.25) is 0 Å². The summed E-state index contributed by atoms with van der Waals surface area (Å²) < 4.78 is 33.3. The molecule has 1 aliphatic rings. The number of benzene rings is 2. The highest BCUT2D eigenvalue weighted by Crippen LogP contribution is 2.55. The zero-order valence-electron chi connectivity index (χ0n) is 21.9. The van der Waals surface area contributed by atoms with E-state index in [0.717, 1.165) is 0 Å². The molecule has 2 aromatic carbocycles. The number of methoxy groups -OCH3 is 1. The van der Waals surface area contributed by atoms with Gasteiger partial charge in [-0.25, -0.2) is 0 Å². The number of nitrogens with zero attached hydrogens (tertiary/aromatic N) is 1. The molecule has 1 fully saturated rings. The molecule has 1 saturated carbocycles. The number of ether oxygens (including phenoxy) is 2. The first-order valence-corrected chi connectivity index (χ1v) is 10.5. The minimum absolute atomic E-state index is 0.0513. The Kier molecular flexibility index (Phi) is 5.00. The van der Waals surface area contributed by atoms with Crippen LogP contribution in [0, 0.1) is 22.2 Å². The van der Waals surface area contributed by atoms with Gasteiger partial charge in [-0.15, -0.1) is 0 Å². The normalized spacial score (nSPS) is 22.8. The maximum absolute atomic E-state index is 13.0. The van der Waals surface area contributed by atoms with Crippen molar-refractivity contribution in [2.75, 3.05) is 7.04 Å². The summed E-state index contributed by atoms with van der Waals surface area (Å²) in [5.74, 6) is 0.613. The molecule has 1 N–H and O–H groups in total. The van der Waals surface area contributed by atoms with Crippen LogP contribution in [0.1, 0.15) is 73.1 Å². The van der Waals surface area contributed by atoms with Crippen molar-refractivity contribution in [1.82, 2.24) is 5.32 Å². The van der Waals surface area contributed by atoms with E-state index in [1.807, 2.05) is 58.0 Å². The van der Waals surface area contributed by atoms with Crippen LogP contribution in [0.5, 0.6) is 11.5 Å². The number of carbonyl (C=O) groups excluding carboxylic acids is 1. The third-order valence-corrected chi connectivity index (χ3v) is 6.39. The summed E-state index contributed by atoms with van der Waals surface area (Å²) in [6.45, 7) is 12.3. The van der Waals surface area contributed by atoms with Gasteiger partial charge in [-0.05, 0) is 35.7 Å². The Morgan fingerprint density at radius 2 is 1.77 bits per heavy atom. The van der Waals surface area contributed by atoms with Crippen molar-refractivity contribution in [3.63, 3.8) is 0 Å². The van der Waals surface area contributed by atoms with Gasteiger partial charge in [0.15, 0.2) is 0 Å². The fourth-order valence-electron chi connectivity index (χ4n) is 4.92. The third-order valence-electron chi connectivity index (χ3n) is 6.39. The summed E-state index contributed by atoms with van der Waals surface area (Å²) in [6, 6.07) is 14.0. The lowest BCUT2D eigenvalue weighted by Gasteiger charge is -2.63. The van der Waals surface area contributed by atoms with E-state index < -0.39 is 17.9 Å². The predicted octanol–water partition coefficient (Wildman–Crippen LogP) is 5.30. The van der Waals surface area contributed by atoms with Crippen LogP contribution in [-0.2, 0) is 0 Å². The van der Waals surface area contributed by atoms with Gasteiger partial charge in [-0.1, -0.05) is 53.7 Å². The molecule has 0 aromatic heterocycles.